The highest BCUT2D eigenvalue weighted by Gasteiger charge is 2.16. The van der Waals surface area contributed by atoms with Gasteiger partial charge in [-0.15, -0.1) is 0 Å². The first kappa shape index (κ1) is 32.4. The minimum absolute atomic E-state index is 0.312. The Balaban J connectivity index is 3.37. The molecule has 0 saturated carbocycles. The second kappa shape index (κ2) is 23.2. The van der Waals surface area contributed by atoms with E-state index >= 15 is 0 Å². The highest BCUT2D eigenvalue weighted by atomic mass is 31.2. The summed E-state index contributed by atoms with van der Waals surface area (Å²) < 4.78 is 17.4. The number of hydrogen-bond acceptors (Lipinski definition) is 3. The third-order valence-corrected chi connectivity index (χ3v) is 8.37. The van der Waals surface area contributed by atoms with Gasteiger partial charge in [-0.05, 0) is 26.2 Å². The van der Waals surface area contributed by atoms with Gasteiger partial charge in [0.15, 0.2) is 0 Å². The van der Waals surface area contributed by atoms with Crippen LogP contribution in [0.2, 0.25) is 0 Å². The quantitative estimate of drug-likeness (QED) is 0.0604. The lowest BCUT2D eigenvalue weighted by Gasteiger charge is -2.11. The Morgan fingerprint density at radius 3 is 1.36 bits per heavy atom. The Bertz CT molecular complexity index is 518. The Kier molecular flexibility index (Phi) is 22.7. The molecule has 33 heavy (non-hydrogen) atoms. The first-order valence-corrected chi connectivity index (χ1v) is 16.1. The molecule has 0 aliphatic carbocycles. The zero-order valence-corrected chi connectivity index (χ0v) is 23.0. The van der Waals surface area contributed by atoms with Crippen LogP contribution in [0.1, 0.15) is 142 Å². The Hall–Kier alpha value is -0.600. The van der Waals surface area contributed by atoms with Gasteiger partial charge in [0.2, 0.25) is 7.37 Å². The molecule has 0 aromatic heterocycles. The van der Waals surface area contributed by atoms with Crippen molar-refractivity contribution in [2.45, 2.75) is 142 Å². The molecule has 196 valence electrons. The summed E-state index contributed by atoms with van der Waals surface area (Å²) >= 11 is 0. The van der Waals surface area contributed by atoms with Crippen molar-refractivity contribution >= 4 is 13.3 Å². The third-order valence-electron chi connectivity index (χ3n) is 6.34. The predicted molar refractivity (Wildman–Crippen MR) is 143 cm³/mol. The fraction of sp³-hybridized carbons (Fsp3) is 0.893. The molecule has 0 fully saturated rings. The van der Waals surface area contributed by atoms with E-state index in [0.29, 0.717) is 24.5 Å². The maximum Gasteiger partial charge on any atom is 0.333 e. The van der Waals surface area contributed by atoms with Gasteiger partial charge in [0.25, 0.3) is 0 Å². The van der Waals surface area contributed by atoms with E-state index in [-0.39, 0.29) is 5.97 Å². The minimum Gasteiger partial charge on any atom is -0.462 e. The fourth-order valence-corrected chi connectivity index (χ4v) is 5.78. The molecule has 1 N–H and O–H groups in total. The van der Waals surface area contributed by atoms with Crippen LogP contribution in [-0.4, -0.2) is 29.8 Å². The molecule has 0 aliphatic rings. The van der Waals surface area contributed by atoms with Crippen LogP contribution in [0, 0.1) is 0 Å². The Morgan fingerprint density at radius 1 is 0.667 bits per heavy atom. The Morgan fingerprint density at radius 2 is 1.00 bits per heavy atom. The third kappa shape index (κ3) is 24.3. The number of ether oxygens (including phenoxy) is 1. The SMILES string of the molecule is C=C(C)C(=O)OCCCCCCCCP(=O)(O)CCCCCCCCCCCCCCCC. The van der Waals surface area contributed by atoms with Gasteiger partial charge in [0, 0.05) is 17.9 Å². The molecule has 0 amide bonds. The zero-order chi connectivity index (χ0) is 24.6. The van der Waals surface area contributed by atoms with Crippen molar-refractivity contribution in [1.29, 1.82) is 0 Å². The van der Waals surface area contributed by atoms with Crippen LogP contribution in [0.25, 0.3) is 0 Å². The number of unbranched alkanes of at least 4 members (excludes halogenated alkanes) is 18. The monoisotopic (exact) mass is 486 g/mol. The van der Waals surface area contributed by atoms with Crippen LogP contribution in [0.3, 0.4) is 0 Å². The van der Waals surface area contributed by atoms with E-state index in [4.69, 9.17) is 4.74 Å². The second-order valence-corrected chi connectivity index (χ2v) is 12.5. The van der Waals surface area contributed by atoms with Gasteiger partial charge >= 0.3 is 5.97 Å². The van der Waals surface area contributed by atoms with Gasteiger partial charge in [-0.3, -0.25) is 4.57 Å². The van der Waals surface area contributed by atoms with Crippen LogP contribution in [0.4, 0.5) is 0 Å². The molecule has 4 nitrogen and oxygen atoms in total. The molecule has 5 heteroatoms. The molecule has 0 radical (unpaired) electrons. The van der Waals surface area contributed by atoms with E-state index in [9.17, 15) is 14.3 Å². The molecule has 0 rings (SSSR count). The van der Waals surface area contributed by atoms with E-state index in [1.807, 2.05) is 0 Å². The molecular formula is C28H55O4P. The summed E-state index contributed by atoms with van der Waals surface area (Å²) in [6, 6.07) is 0. The van der Waals surface area contributed by atoms with Crippen LogP contribution >= 0.6 is 7.37 Å². The van der Waals surface area contributed by atoms with E-state index < -0.39 is 7.37 Å². The average Bonchev–Trinajstić information content (AvgIpc) is 2.77. The number of hydrogen-bond donors (Lipinski definition) is 1. The summed E-state index contributed by atoms with van der Waals surface area (Å²) in [7, 11) is -2.93. The molecule has 1 atom stereocenters. The highest BCUT2D eigenvalue weighted by Crippen LogP contribution is 2.42. The van der Waals surface area contributed by atoms with E-state index in [1.54, 1.807) is 6.92 Å². The lowest BCUT2D eigenvalue weighted by atomic mass is 10.0. The summed E-state index contributed by atoms with van der Waals surface area (Å²) in [5.74, 6) is -0.312. The van der Waals surface area contributed by atoms with Crippen molar-refractivity contribution in [2.75, 3.05) is 18.9 Å². The van der Waals surface area contributed by atoms with E-state index in [0.717, 1.165) is 51.4 Å². The maximum atomic E-state index is 12.3. The lowest BCUT2D eigenvalue weighted by Crippen LogP contribution is -2.06. The van der Waals surface area contributed by atoms with Crippen LogP contribution in [-0.2, 0) is 14.1 Å². The number of rotatable bonds is 25. The molecular weight excluding hydrogens is 431 g/mol. The van der Waals surface area contributed by atoms with Gasteiger partial charge in [-0.2, -0.15) is 0 Å². The predicted octanol–water partition coefficient (Wildman–Crippen LogP) is 9.20. The van der Waals surface area contributed by atoms with Gasteiger partial charge in [-0.25, -0.2) is 4.79 Å². The summed E-state index contributed by atoms with van der Waals surface area (Å²) in [5, 5.41) is 0. The molecule has 0 saturated heterocycles. The maximum absolute atomic E-state index is 12.3. The van der Waals surface area contributed by atoms with Crippen LogP contribution < -0.4 is 0 Å². The van der Waals surface area contributed by atoms with Gasteiger partial charge < -0.3 is 9.63 Å². The van der Waals surface area contributed by atoms with Gasteiger partial charge in [0.05, 0.1) is 6.61 Å². The molecule has 0 aromatic carbocycles. The lowest BCUT2D eigenvalue weighted by molar-refractivity contribution is -0.139. The smallest absolute Gasteiger partial charge is 0.333 e. The average molecular weight is 487 g/mol. The van der Waals surface area contributed by atoms with E-state index in [1.165, 1.54) is 77.0 Å². The van der Waals surface area contributed by atoms with Crippen molar-refractivity contribution in [3.05, 3.63) is 12.2 Å². The molecule has 0 heterocycles. The standard InChI is InChI=1S/C28H55O4P/c1-4-5-6-7-8-9-10-11-12-13-14-16-19-22-25-33(30,31)26-23-20-17-15-18-21-24-32-28(29)27(2)3/h2,4-26H2,1,3H3,(H,30,31). The van der Waals surface area contributed by atoms with Gasteiger partial charge in [0.1, 0.15) is 0 Å². The normalized spacial score (nSPS) is 13.1. The summed E-state index contributed by atoms with van der Waals surface area (Å²) in [4.78, 5) is 21.4. The number of carbonyl (C=O) groups excluding carboxylic acids is 1. The number of esters is 1. The molecule has 0 bridgehead atoms. The van der Waals surface area contributed by atoms with Gasteiger partial charge in [-0.1, -0.05) is 123 Å². The first-order valence-electron chi connectivity index (χ1n) is 14.0. The molecule has 0 aromatic rings. The topological polar surface area (TPSA) is 63.6 Å². The highest BCUT2D eigenvalue weighted by molar-refractivity contribution is 7.57. The summed E-state index contributed by atoms with van der Waals surface area (Å²) in [6.07, 6.45) is 25.2. The fourth-order valence-electron chi connectivity index (χ4n) is 4.12. The van der Waals surface area contributed by atoms with Crippen molar-refractivity contribution in [3.8, 4) is 0 Å². The summed E-state index contributed by atoms with van der Waals surface area (Å²) in [6.45, 7) is 7.94. The van der Waals surface area contributed by atoms with Crippen molar-refractivity contribution < 1.29 is 19.0 Å². The zero-order valence-electron chi connectivity index (χ0n) is 22.1. The summed E-state index contributed by atoms with van der Waals surface area (Å²) in [5.41, 5.74) is 0.442. The van der Waals surface area contributed by atoms with E-state index in [2.05, 4.69) is 13.5 Å². The van der Waals surface area contributed by atoms with Crippen LogP contribution in [0.5, 0.6) is 0 Å². The van der Waals surface area contributed by atoms with Crippen LogP contribution in [0.15, 0.2) is 12.2 Å². The minimum atomic E-state index is -2.93. The first-order chi connectivity index (χ1) is 15.9. The number of carbonyl (C=O) groups is 1. The van der Waals surface area contributed by atoms with Crippen molar-refractivity contribution in [3.63, 3.8) is 0 Å². The van der Waals surface area contributed by atoms with Crippen molar-refractivity contribution in [1.82, 2.24) is 0 Å². The second-order valence-electron chi connectivity index (χ2n) is 9.93. The van der Waals surface area contributed by atoms with Crippen molar-refractivity contribution in [2.24, 2.45) is 0 Å². The molecule has 1 unspecified atom stereocenters. The largest absolute Gasteiger partial charge is 0.462 e. The molecule has 0 aliphatic heterocycles. The Labute approximate surface area is 205 Å². The molecule has 0 spiro atoms.